The predicted molar refractivity (Wildman–Crippen MR) is 106 cm³/mol. The molecule has 0 N–H and O–H groups in total. The second-order valence-electron chi connectivity index (χ2n) is 9.19. The van der Waals surface area contributed by atoms with Gasteiger partial charge in [-0.3, -0.25) is 9.59 Å². The number of likely N-dealkylation sites (N-methyl/N-ethyl adjacent to an activating group) is 1. The molecule has 1 aliphatic carbocycles. The lowest BCUT2D eigenvalue weighted by atomic mass is 9.69. The van der Waals surface area contributed by atoms with Crippen LogP contribution in [0, 0.1) is 5.41 Å². The lowest BCUT2D eigenvalue weighted by Crippen LogP contribution is -2.64. The fraction of sp³-hybridized carbons (Fsp3) is 0.636. The van der Waals surface area contributed by atoms with Crippen LogP contribution in [0.25, 0.3) is 0 Å². The van der Waals surface area contributed by atoms with Crippen molar-refractivity contribution >= 4 is 17.3 Å². The summed E-state index contributed by atoms with van der Waals surface area (Å²) in [7, 11) is 4.08. The zero-order chi connectivity index (χ0) is 19.1. The maximum Gasteiger partial charge on any atom is 0.163 e. The lowest BCUT2D eigenvalue weighted by molar-refractivity contribution is -0.125. The highest BCUT2D eigenvalue weighted by Crippen LogP contribution is 2.43. The molecule has 1 aromatic rings. The van der Waals surface area contributed by atoms with Gasteiger partial charge in [-0.1, -0.05) is 13.8 Å². The van der Waals surface area contributed by atoms with E-state index in [-0.39, 0.29) is 17.0 Å². The van der Waals surface area contributed by atoms with Crippen LogP contribution in [0.5, 0.6) is 0 Å². The molecule has 4 nitrogen and oxygen atoms in total. The smallest absolute Gasteiger partial charge is 0.163 e. The lowest BCUT2D eigenvalue weighted by Gasteiger charge is -2.53. The van der Waals surface area contributed by atoms with Crippen molar-refractivity contribution in [1.82, 2.24) is 4.90 Å². The van der Waals surface area contributed by atoms with Gasteiger partial charge in [0.25, 0.3) is 0 Å². The second-order valence-corrected chi connectivity index (χ2v) is 9.19. The number of carbonyl (C=O) groups is 2. The monoisotopic (exact) mass is 356 g/mol. The molecule has 1 saturated heterocycles. The number of aryl methyl sites for hydroxylation is 1. The van der Waals surface area contributed by atoms with Gasteiger partial charge in [-0.2, -0.15) is 0 Å². The first-order chi connectivity index (χ1) is 12.1. The molecule has 2 aliphatic rings. The Labute approximate surface area is 157 Å². The van der Waals surface area contributed by atoms with Crippen molar-refractivity contribution in [3.8, 4) is 0 Å². The Morgan fingerprint density at radius 3 is 2.62 bits per heavy atom. The fourth-order valence-electron chi connectivity index (χ4n) is 4.87. The van der Waals surface area contributed by atoms with Crippen molar-refractivity contribution in [3.05, 3.63) is 29.3 Å². The third-order valence-corrected chi connectivity index (χ3v) is 6.08. The number of rotatable bonds is 4. The average molecular weight is 357 g/mol. The van der Waals surface area contributed by atoms with Gasteiger partial charge in [0, 0.05) is 30.8 Å². The van der Waals surface area contributed by atoms with Gasteiger partial charge in [-0.15, -0.1) is 0 Å². The Balaban J connectivity index is 2.06. The number of fused-ring (bicyclic) bond motifs is 1. The van der Waals surface area contributed by atoms with E-state index in [1.807, 2.05) is 26.2 Å². The largest absolute Gasteiger partial charge is 0.358 e. The van der Waals surface area contributed by atoms with Gasteiger partial charge < -0.3 is 9.80 Å². The van der Waals surface area contributed by atoms with Gasteiger partial charge >= 0.3 is 0 Å². The van der Waals surface area contributed by atoms with Gasteiger partial charge in [0.15, 0.2) is 11.6 Å². The minimum absolute atomic E-state index is 0.141. The molecular formula is C22H32N2O2. The van der Waals surface area contributed by atoms with Crippen LogP contribution in [-0.4, -0.2) is 49.2 Å². The topological polar surface area (TPSA) is 40.6 Å². The molecule has 0 spiro atoms. The third-order valence-electron chi connectivity index (χ3n) is 6.08. The summed E-state index contributed by atoms with van der Waals surface area (Å²) in [6, 6.07) is 6.19. The Kier molecular flexibility index (Phi) is 5.00. The zero-order valence-electron chi connectivity index (χ0n) is 16.9. The molecule has 1 atom stereocenters. The van der Waals surface area contributed by atoms with E-state index in [0.717, 1.165) is 49.0 Å². The molecule has 3 rings (SSSR count). The fourth-order valence-corrected chi connectivity index (χ4v) is 4.87. The number of nitrogens with zero attached hydrogens (tertiary/aromatic N) is 2. The number of benzene rings is 1. The molecule has 4 heteroatoms. The third kappa shape index (κ3) is 3.44. The highest BCUT2D eigenvalue weighted by Gasteiger charge is 2.49. The van der Waals surface area contributed by atoms with Crippen molar-refractivity contribution < 1.29 is 9.59 Å². The van der Waals surface area contributed by atoms with E-state index in [2.05, 4.69) is 29.7 Å². The van der Waals surface area contributed by atoms with Gasteiger partial charge in [0.2, 0.25) is 0 Å². The first-order valence-electron chi connectivity index (χ1n) is 9.74. The van der Waals surface area contributed by atoms with E-state index >= 15 is 0 Å². The summed E-state index contributed by atoms with van der Waals surface area (Å²) in [5, 5.41) is 0. The Morgan fingerprint density at radius 2 is 1.96 bits per heavy atom. The average Bonchev–Trinajstić information content (AvgIpc) is 2.53. The van der Waals surface area contributed by atoms with E-state index < -0.39 is 5.54 Å². The van der Waals surface area contributed by atoms with Crippen LogP contribution in [0.4, 0.5) is 5.69 Å². The highest BCUT2D eigenvalue weighted by atomic mass is 16.1. The molecule has 1 aromatic carbocycles. The molecule has 142 valence electrons. The van der Waals surface area contributed by atoms with Crippen molar-refractivity contribution in [2.24, 2.45) is 5.41 Å². The minimum atomic E-state index is -0.516. The number of Topliss-reactive ketones (excluding diaryl/α,β-unsaturated/α-hetero) is 2. The molecule has 0 saturated carbocycles. The second kappa shape index (κ2) is 6.80. The normalized spacial score (nSPS) is 25.3. The number of hydrogen-bond acceptors (Lipinski definition) is 4. The molecule has 0 radical (unpaired) electrons. The molecule has 1 aliphatic heterocycles. The number of anilines is 1. The predicted octanol–water partition coefficient (Wildman–Crippen LogP) is 3.72. The van der Waals surface area contributed by atoms with Crippen LogP contribution in [0.1, 0.15) is 62.4 Å². The van der Waals surface area contributed by atoms with E-state index in [9.17, 15) is 9.59 Å². The first kappa shape index (κ1) is 19.1. The summed E-state index contributed by atoms with van der Waals surface area (Å²) in [6.45, 7) is 7.85. The number of ketones is 2. The first-order valence-corrected chi connectivity index (χ1v) is 9.74. The van der Waals surface area contributed by atoms with Crippen LogP contribution in [-0.2, 0) is 11.2 Å². The van der Waals surface area contributed by atoms with Crippen molar-refractivity contribution in [2.75, 3.05) is 32.1 Å². The van der Waals surface area contributed by atoms with Crippen LogP contribution in [0.15, 0.2) is 18.2 Å². The summed E-state index contributed by atoms with van der Waals surface area (Å²) in [4.78, 5) is 29.6. The van der Waals surface area contributed by atoms with E-state index in [0.29, 0.717) is 13.0 Å². The van der Waals surface area contributed by atoms with Gasteiger partial charge in [-0.25, -0.2) is 0 Å². The molecule has 0 bridgehead atoms. The summed E-state index contributed by atoms with van der Waals surface area (Å²) < 4.78 is 0. The van der Waals surface area contributed by atoms with Crippen LogP contribution in [0.3, 0.4) is 0 Å². The maximum absolute atomic E-state index is 12.9. The molecule has 26 heavy (non-hydrogen) atoms. The van der Waals surface area contributed by atoms with Crippen LogP contribution < -0.4 is 4.90 Å². The minimum Gasteiger partial charge on any atom is -0.358 e. The number of carbonyl (C=O) groups excluding carboxylic acids is 2. The Bertz CT molecular complexity index is 723. The molecule has 0 amide bonds. The Morgan fingerprint density at radius 1 is 1.23 bits per heavy atom. The SMILES string of the molecule is CC(=O)C1(CN(C)C)CC(C)(C)CCN1c1ccc2c(c1)CCCC2=O. The van der Waals surface area contributed by atoms with Gasteiger partial charge in [0.1, 0.15) is 5.54 Å². The highest BCUT2D eigenvalue weighted by molar-refractivity contribution is 5.99. The maximum atomic E-state index is 12.9. The van der Waals surface area contributed by atoms with Crippen molar-refractivity contribution in [2.45, 2.75) is 58.4 Å². The van der Waals surface area contributed by atoms with E-state index in [4.69, 9.17) is 0 Å². The number of hydrogen-bond donors (Lipinski definition) is 0. The van der Waals surface area contributed by atoms with E-state index in [1.54, 1.807) is 6.92 Å². The standard InChI is InChI=1S/C22H32N2O2/c1-16(25)22(15-23(4)5)14-21(2,3)11-12-24(22)18-9-10-19-17(13-18)7-6-8-20(19)26/h9-10,13H,6-8,11-12,14-15H2,1-5H3. The summed E-state index contributed by atoms with van der Waals surface area (Å²) in [6.07, 6.45) is 4.45. The molecule has 1 fully saturated rings. The van der Waals surface area contributed by atoms with Crippen LogP contribution >= 0.6 is 0 Å². The molecule has 1 unspecified atom stereocenters. The molecular weight excluding hydrogens is 324 g/mol. The quantitative estimate of drug-likeness (QED) is 0.824. The molecule has 1 heterocycles. The van der Waals surface area contributed by atoms with E-state index in [1.165, 1.54) is 0 Å². The van der Waals surface area contributed by atoms with Crippen LogP contribution in [0.2, 0.25) is 0 Å². The summed E-state index contributed by atoms with van der Waals surface area (Å²) in [5.74, 6) is 0.483. The zero-order valence-corrected chi connectivity index (χ0v) is 16.9. The molecule has 0 aromatic heterocycles. The Hall–Kier alpha value is -1.68. The van der Waals surface area contributed by atoms with Gasteiger partial charge in [-0.05, 0) is 75.9 Å². The number of piperidine rings is 1. The summed E-state index contributed by atoms with van der Waals surface area (Å²) in [5.41, 5.74) is 2.73. The van der Waals surface area contributed by atoms with Crippen molar-refractivity contribution in [1.29, 1.82) is 0 Å². The summed E-state index contributed by atoms with van der Waals surface area (Å²) >= 11 is 0. The van der Waals surface area contributed by atoms with Crippen molar-refractivity contribution in [3.63, 3.8) is 0 Å². The van der Waals surface area contributed by atoms with Gasteiger partial charge in [0.05, 0.1) is 0 Å².